The summed E-state index contributed by atoms with van der Waals surface area (Å²) in [5.74, 6) is -3.62. The minimum absolute atomic E-state index is 0. The number of benzene rings is 3. The summed E-state index contributed by atoms with van der Waals surface area (Å²) in [5.41, 5.74) is 2.96. The number of hydrogen-bond donors (Lipinski definition) is 1. The maximum atomic E-state index is 13.4. The van der Waals surface area contributed by atoms with E-state index in [0.29, 0.717) is 11.4 Å². The number of likely N-dealkylation sites (N-methyl/N-ethyl adjacent to an activating group) is 1. The molecule has 3 aromatic rings. The number of ketones is 1. The number of Topliss-reactive ketones (excluding diaryl/α,β-unsaturated/α-hetero) is 1. The van der Waals surface area contributed by atoms with Crippen molar-refractivity contribution in [3.05, 3.63) is 101 Å². The van der Waals surface area contributed by atoms with Crippen molar-refractivity contribution in [2.75, 3.05) is 11.9 Å². The van der Waals surface area contributed by atoms with E-state index in [9.17, 15) is 23.2 Å². The highest BCUT2D eigenvalue weighted by Crippen LogP contribution is 2.27. The molecule has 4 rings (SSSR count). The Bertz CT molecular complexity index is 1330. The molecule has 10 heteroatoms. The third-order valence-electron chi connectivity index (χ3n) is 5.97. The predicted octanol–water partition coefficient (Wildman–Crippen LogP) is 4.28. The second kappa shape index (κ2) is 13.3. The zero-order valence-corrected chi connectivity index (χ0v) is 22.9. The monoisotopic (exact) mass is 557 g/mol. The second-order valence-corrected chi connectivity index (χ2v) is 8.77. The molecule has 1 heterocycles. The van der Waals surface area contributed by atoms with Gasteiger partial charge in [0.1, 0.15) is 17.4 Å². The molecule has 0 aromatic heterocycles. The molecular weight excluding hydrogens is 528 g/mol. The molecule has 38 heavy (non-hydrogen) atoms. The van der Waals surface area contributed by atoms with Crippen LogP contribution in [0.2, 0.25) is 0 Å². The van der Waals surface area contributed by atoms with Crippen molar-refractivity contribution in [2.45, 2.75) is 25.9 Å². The summed E-state index contributed by atoms with van der Waals surface area (Å²) in [6.07, 6.45) is -1.56. The van der Waals surface area contributed by atoms with Crippen LogP contribution in [0, 0.1) is 17.6 Å². The molecule has 1 N–H and O–H groups in total. The van der Waals surface area contributed by atoms with E-state index < -0.39 is 35.5 Å². The Balaban J connectivity index is 0.00000253. The summed E-state index contributed by atoms with van der Waals surface area (Å²) < 4.78 is 26.8. The molecule has 0 spiro atoms. The van der Waals surface area contributed by atoms with Gasteiger partial charge in [0.2, 0.25) is 12.1 Å². The number of carbonyl (C=O) groups excluding carboxylic acids is 3. The largest absolute Gasteiger partial charge is 0.326 e. The number of nitrogens with one attached hydrogen (secondary N) is 1. The topological polar surface area (TPSA) is 78.8 Å². The molecular formula is C28H29F2N3O3S2. The lowest BCUT2D eigenvalue weighted by Crippen LogP contribution is -2.47. The molecule has 2 atom stereocenters. The fourth-order valence-electron chi connectivity index (χ4n) is 4.17. The van der Waals surface area contributed by atoms with E-state index in [1.54, 1.807) is 14.0 Å². The fourth-order valence-corrected chi connectivity index (χ4v) is 4.17. The molecule has 0 aliphatic carbocycles. The van der Waals surface area contributed by atoms with Crippen molar-refractivity contribution < 1.29 is 23.2 Å². The smallest absolute Gasteiger partial charge is 0.272 e. The van der Waals surface area contributed by atoms with Crippen molar-refractivity contribution in [1.29, 1.82) is 0 Å². The van der Waals surface area contributed by atoms with Crippen molar-refractivity contribution in [3.63, 3.8) is 0 Å². The number of anilines is 1. The lowest BCUT2D eigenvalue weighted by atomic mass is 9.99. The summed E-state index contributed by atoms with van der Waals surface area (Å²) in [6, 6.07) is 19.6. The average Bonchev–Trinajstić information content (AvgIpc) is 2.94. The van der Waals surface area contributed by atoms with Gasteiger partial charge in [-0.25, -0.2) is 13.8 Å². The highest BCUT2D eigenvalue weighted by atomic mass is 32.1. The minimum atomic E-state index is -1.19. The molecule has 2 amide bonds. The van der Waals surface area contributed by atoms with Gasteiger partial charge in [0.05, 0.1) is 11.4 Å². The number of hydrogen-bond acceptors (Lipinski definition) is 4. The zero-order chi connectivity index (χ0) is 25.8. The third-order valence-corrected chi connectivity index (χ3v) is 5.97. The summed E-state index contributed by atoms with van der Waals surface area (Å²) in [5, 5.41) is 2.67. The Morgan fingerprint density at radius 3 is 2.24 bits per heavy atom. The maximum absolute atomic E-state index is 13.4. The number of fused-ring (bicyclic) bond motifs is 1. The van der Waals surface area contributed by atoms with Gasteiger partial charge in [0.15, 0.2) is 0 Å². The highest BCUT2D eigenvalue weighted by molar-refractivity contribution is 7.59. The highest BCUT2D eigenvalue weighted by Gasteiger charge is 2.32. The lowest BCUT2D eigenvalue weighted by molar-refractivity contribution is -0.131. The lowest BCUT2D eigenvalue weighted by Gasteiger charge is -2.22. The standard InChI is InChI=1S/C28H25F2N3O3.2H2S/c1-17(12-22(34)15-18-13-20(29)16-21(30)14-18)27(35)32-26-28(36)33(2)24-11-7-6-10-23(24)25(31-26)19-8-4-3-5-9-19;;/h3-11,13-14,16-17,26H,12,15H2,1-2H3,(H,32,35);2*1H2/t17-,26-;;/m1../s1. The van der Waals surface area contributed by atoms with E-state index >= 15 is 0 Å². The SMILES string of the molecule is C[C@H](CC(=O)Cc1cc(F)cc(F)c1)C(=O)N[C@H]1N=C(c2ccccc2)c2ccccc2N(C)C1=O.S.S. The Morgan fingerprint density at radius 2 is 1.58 bits per heavy atom. The Kier molecular flexibility index (Phi) is 10.8. The van der Waals surface area contributed by atoms with Crippen LogP contribution >= 0.6 is 27.0 Å². The Labute approximate surface area is 234 Å². The molecule has 0 unspecified atom stereocenters. The first-order chi connectivity index (χ1) is 17.2. The van der Waals surface area contributed by atoms with Gasteiger partial charge in [-0.1, -0.05) is 55.5 Å². The molecule has 0 fully saturated rings. The molecule has 0 bridgehead atoms. The van der Waals surface area contributed by atoms with Gasteiger partial charge in [0, 0.05) is 43.0 Å². The number of benzodiazepines with no additional fused rings is 1. The van der Waals surface area contributed by atoms with Gasteiger partial charge in [-0.15, -0.1) is 0 Å². The fraction of sp³-hybridized carbons (Fsp3) is 0.214. The van der Waals surface area contributed by atoms with Gasteiger partial charge in [0.25, 0.3) is 5.91 Å². The molecule has 200 valence electrons. The molecule has 1 aliphatic rings. The van der Waals surface area contributed by atoms with Crippen LogP contribution < -0.4 is 10.2 Å². The van der Waals surface area contributed by atoms with Crippen LogP contribution in [0.3, 0.4) is 0 Å². The van der Waals surface area contributed by atoms with Crippen LogP contribution in [0.15, 0.2) is 77.8 Å². The number of nitrogens with zero attached hydrogens (tertiary/aromatic N) is 2. The van der Waals surface area contributed by atoms with Crippen LogP contribution in [0.4, 0.5) is 14.5 Å². The number of carbonyl (C=O) groups is 3. The first kappa shape index (κ1) is 30.7. The van der Waals surface area contributed by atoms with E-state index in [1.807, 2.05) is 54.6 Å². The van der Waals surface area contributed by atoms with E-state index in [0.717, 1.165) is 29.3 Å². The minimum Gasteiger partial charge on any atom is -0.326 e. The number of aliphatic imine (C=N–C) groups is 1. The number of halogens is 2. The second-order valence-electron chi connectivity index (χ2n) is 8.77. The van der Waals surface area contributed by atoms with Gasteiger partial charge in [-0.2, -0.15) is 27.0 Å². The van der Waals surface area contributed by atoms with Crippen molar-refractivity contribution in [3.8, 4) is 0 Å². The summed E-state index contributed by atoms with van der Waals surface area (Å²) in [7, 11) is 1.62. The van der Waals surface area contributed by atoms with Gasteiger partial charge in [-0.05, 0) is 23.8 Å². The maximum Gasteiger partial charge on any atom is 0.272 e. The normalized spacial score (nSPS) is 15.2. The molecule has 0 saturated carbocycles. The van der Waals surface area contributed by atoms with Crippen LogP contribution in [0.25, 0.3) is 0 Å². The number of rotatable bonds is 7. The van der Waals surface area contributed by atoms with Crippen LogP contribution in [-0.2, 0) is 20.8 Å². The van der Waals surface area contributed by atoms with Gasteiger partial charge < -0.3 is 10.2 Å². The van der Waals surface area contributed by atoms with E-state index in [-0.39, 0.29) is 51.2 Å². The summed E-state index contributed by atoms with van der Waals surface area (Å²) >= 11 is 0. The number of amides is 2. The average molecular weight is 558 g/mol. The molecule has 3 aromatic carbocycles. The summed E-state index contributed by atoms with van der Waals surface area (Å²) in [4.78, 5) is 44.8. The van der Waals surface area contributed by atoms with Crippen molar-refractivity contribution in [1.82, 2.24) is 5.32 Å². The van der Waals surface area contributed by atoms with E-state index in [4.69, 9.17) is 0 Å². The van der Waals surface area contributed by atoms with Crippen LogP contribution in [0.5, 0.6) is 0 Å². The van der Waals surface area contributed by atoms with Crippen LogP contribution in [-0.4, -0.2) is 36.5 Å². The first-order valence-corrected chi connectivity index (χ1v) is 11.5. The van der Waals surface area contributed by atoms with Crippen molar-refractivity contribution >= 4 is 56.0 Å². The Hall–Kier alpha value is -3.50. The van der Waals surface area contributed by atoms with Gasteiger partial charge in [-0.3, -0.25) is 14.4 Å². The third kappa shape index (κ3) is 7.08. The number of para-hydroxylation sites is 1. The predicted molar refractivity (Wildman–Crippen MR) is 153 cm³/mol. The first-order valence-electron chi connectivity index (χ1n) is 11.5. The van der Waals surface area contributed by atoms with E-state index in [1.165, 1.54) is 4.90 Å². The molecule has 6 nitrogen and oxygen atoms in total. The van der Waals surface area contributed by atoms with Crippen molar-refractivity contribution in [2.24, 2.45) is 10.9 Å². The molecule has 1 aliphatic heterocycles. The summed E-state index contributed by atoms with van der Waals surface area (Å²) in [6.45, 7) is 1.56. The molecule has 0 radical (unpaired) electrons. The zero-order valence-electron chi connectivity index (χ0n) is 20.9. The van der Waals surface area contributed by atoms with E-state index in [2.05, 4.69) is 10.3 Å². The van der Waals surface area contributed by atoms with Crippen LogP contribution in [0.1, 0.15) is 30.0 Å². The Morgan fingerprint density at radius 1 is 0.974 bits per heavy atom. The van der Waals surface area contributed by atoms with Gasteiger partial charge >= 0.3 is 0 Å². The quantitative estimate of drug-likeness (QED) is 0.471. The molecule has 0 saturated heterocycles.